The Bertz CT molecular complexity index is 966. The first-order chi connectivity index (χ1) is 14.6. The molecule has 0 radical (unpaired) electrons. The molecule has 2 aromatic rings. The number of alkyl halides is 2. The highest BCUT2D eigenvalue weighted by Crippen LogP contribution is 2.40. The molecule has 0 saturated carbocycles. The van der Waals surface area contributed by atoms with Crippen molar-refractivity contribution in [3.63, 3.8) is 0 Å². The zero-order chi connectivity index (χ0) is 22.3. The number of nitrogens with zero attached hydrogens (tertiary/aromatic N) is 2. The van der Waals surface area contributed by atoms with Crippen LogP contribution in [0.1, 0.15) is 47.3 Å². The number of carbonyl (C=O) groups excluding carboxylic acids is 1. The number of benzene rings is 1. The van der Waals surface area contributed by atoms with Gasteiger partial charge in [0.15, 0.2) is 0 Å². The number of nitrogens with one attached hydrogen (secondary N) is 1. The molecule has 1 amide bonds. The van der Waals surface area contributed by atoms with Crippen LogP contribution in [0.25, 0.3) is 0 Å². The molecule has 0 aliphatic carbocycles. The van der Waals surface area contributed by atoms with Gasteiger partial charge in [-0.15, -0.1) is 0 Å². The molecule has 5 nitrogen and oxygen atoms in total. The number of piperidine rings is 1. The number of carbonyl (C=O) groups is 1. The van der Waals surface area contributed by atoms with Crippen molar-refractivity contribution in [3.05, 3.63) is 58.9 Å². The fraction of sp³-hybridized carbons (Fsp3) is 0.455. The Balaban J connectivity index is 1.54. The van der Waals surface area contributed by atoms with Gasteiger partial charge in [-0.3, -0.25) is 9.69 Å². The summed E-state index contributed by atoms with van der Waals surface area (Å²) < 4.78 is 58.0. The lowest BCUT2D eigenvalue weighted by molar-refractivity contribution is -0.0720. The molecule has 1 aromatic heterocycles. The Labute approximate surface area is 177 Å². The predicted octanol–water partition coefficient (Wildman–Crippen LogP) is 4.00. The van der Waals surface area contributed by atoms with Gasteiger partial charge in [0.2, 0.25) is 5.95 Å². The summed E-state index contributed by atoms with van der Waals surface area (Å²) in [6.45, 7) is 0.869. The highest BCUT2D eigenvalue weighted by molar-refractivity contribution is 6.04. The Morgan fingerprint density at radius 1 is 1.19 bits per heavy atom. The van der Waals surface area contributed by atoms with E-state index in [4.69, 9.17) is 0 Å². The van der Waals surface area contributed by atoms with Crippen molar-refractivity contribution in [1.82, 2.24) is 9.88 Å². The van der Waals surface area contributed by atoms with Crippen molar-refractivity contribution in [2.24, 2.45) is 0 Å². The monoisotopic (exact) mass is 437 g/mol. The van der Waals surface area contributed by atoms with E-state index in [0.717, 1.165) is 37.1 Å². The molecule has 2 bridgehead atoms. The standard InChI is InChI=1S/C22H23F4N3O2/c1-12-6-14(8-20(24)27-12)28-21(31)13-2-5-19(23)18(7-13)22(25,26)11-29-15-3-4-16(29)10-17(30)9-15/h2,5-8,15-17,30H,3-4,9-11H2,1H3,(H,27,28,31)/t15-,16+,17?. The molecule has 31 heavy (non-hydrogen) atoms. The Morgan fingerprint density at radius 2 is 1.87 bits per heavy atom. The lowest BCUT2D eigenvalue weighted by Crippen LogP contribution is -2.49. The van der Waals surface area contributed by atoms with Gasteiger partial charge in [0, 0.05) is 35.1 Å². The van der Waals surface area contributed by atoms with Gasteiger partial charge in [-0.05, 0) is 56.9 Å². The number of aryl methyl sites for hydroxylation is 1. The maximum Gasteiger partial charge on any atom is 0.288 e. The number of aliphatic hydroxyl groups excluding tert-OH is 1. The van der Waals surface area contributed by atoms with Crippen molar-refractivity contribution in [1.29, 1.82) is 0 Å². The van der Waals surface area contributed by atoms with Crippen molar-refractivity contribution < 1.29 is 27.5 Å². The van der Waals surface area contributed by atoms with Gasteiger partial charge in [-0.2, -0.15) is 13.2 Å². The van der Waals surface area contributed by atoms with E-state index in [1.54, 1.807) is 11.8 Å². The van der Waals surface area contributed by atoms with Gasteiger partial charge in [0.25, 0.3) is 11.8 Å². The number of hydrogen-bond acceptors (Lipinski definition) is 4. The van der Waals surface area contributed by atoms with Crippen molar-refractivity contribution in [2.75, 3.05) is 11.9 Å². The lowest BCUT2D eigenvalue weighted by Gasteiger charge is -2.39. The number of rotatable bonds is 5. The van der Waals surface area contributed by atoms with Crippen LogP contribution in [0.4, 0.5) is 23.2 Å². The number of amides is 1. The number of anilines is 1. The van der Waals surface area contributed by atoms with Crippen LogP contribution in [0.2, 0.25) is 0 Å². The summed E-state index contributed by atoms with van der Waals surface area (Å²) in [5.74, 6) is -6.18. The summed E-state index contributed by atoms with van der Waals surface area (Å²) in [6, 6.07) is 4.92. The van der Waals surface area contributed by atoms with Gasteiger partial charge in [-0.1, -0.05) is 0 Å². The third-order valence-electron chi connectivity index (χ3n) is 6.04. The van der Waals surface area contributed by atoms with Gasteiger partial charge in [0.1, 0.15) is 5.82 Å². The second kappa shape index (κ2) is 8.20. The minimum absolute atomic E-state index is 0.121. The van der Waals surface area contributed by atoms with Crippen LogP contribution in [0, 0.1) is 18.7 Å². The quantitative estimate of drug-likeness (QED) is 0.548. The molecule has 3 atom stereocenters. The molecule has 2 aliphatic rings. The van der Waals surface area contributed by atoms with E-state index in [2.05, 4.69) is 10.3 Å². The Hall–Kier alpha value is -2.52. The molecular formula is C22H23F4N3O2. The number of aliphatic hydroxyl groups is 1. The topological polar surface area (TPSA) is 65.5 Å². The van der Waals surface area contributed by atoms with Gasteiger partial charge >= 0.3 is 0 Å². The lowest BCUT2D eigenvalue weighted by atomic mass is 9.97. The first kappa shape index (κ1) is 21.7. The van der Waals surface area contributed by atoms with Crippen LogP contribution in [0.15, 0.2) is 30.3 Å². The molecule has 1 aromatic carbocycles. The summed E-state index contributed by atoms with van der Waals surface area (Å²) in [4.78, 5) is 17.7. The fourth-order valence-electron chi connectivity index (χ4n) is 4.67. The van der Waals surface area contributed by atoms with Crippen LogP contribution >= 0.6 is 0 Å². The molecule has 166 valence electrons. The van der Waals surface area contributed by atoms with Crippen molar-refractivity contribution >= 4 is 11.6 Å². The van der Waals surface area contributed by atoms with Crippen LogP contribution in [-0.2, 0) is 5.92 Å². The highest BCUT2D eigenvalue weighted by Gasteiger charge is 2.46. The van der Waals surface area contributed by atoms with Crippen molar-refractivity contribution in [3.8, 4) is 0 Å². The molecule has 2 N–H and O–H groups in total. The maximum atomic E-state index is 15.1. The second-order valence-corrected chi connectivity index (χ2v) is 8.36. The normalized spacial score (nSPS) is 23.7. The van der Waals surface area contributed by atoms with E-state index < -0.39 is 41.8 Å². The smallest absolute Gasteiger partial charge is 0.288 e. The summed E-state index contributed by atoms with van der Waals surface area (Å²) in [6.07, 6.45) is 1.82. The van der Waals surface area contributed by atoms with E-state index in [-0.39, 0.29) is 23.3 Å². The molecule has 4 rings (SSSR count). The van der Waals surface area contributed by atoms with Crippen molar-refractivity contribution in [2.45, 2.75) is 56.7 Å². The number of halogens is 4. The summed E-state index contributed by atoms with van der Waals surface area (Å²) in [7, 11) is 0. The van der Waals surface area contributed by atoms with Crippen LogP contribution in [-0.4, -0.2) is 45.6 Å². The molecule has 9 heteroatoms. The van der Waals surface area contributed by atoms with Crippen LogP contribution < -0.4 is 5.32 Å². The van der Waals surface area contributed by atoms with Crippen LogP contribution in [0.5, 0.6) is 0 Å². The van der Waals surface area contributed by atoms with E-state index in [1.807, 2.05) is 0 Å². The summed E-state index contributed by atoms with van der Waals surface area (Å²) in [5, 5.41) is 12.3. The first-order valence-corrected chi connectivity index (χ1v) is 10.2. The minimum Gasteiger partial charge on any atom is -0.393 e. The average molecular weight is 437 g/mol. The maximum absolute atomic E-state index is 15.1. The zero-order valence-corrected chi connectivity index (χ0v) is 16.9. The molecule has 2 fully saturated rings. The SMILES string of the molecule is Cc1cc(NC(=O)c2ccc(F)c(C(F)(F)CN3[C@@H]4CC[C@H]3CC(O)C4)c2)cc(F)n1. The minimum atomic E-state index is -3.52. The van der Waals surface area contributed by atoms with E-state index in [0.29, 0.717) is 18.5 Å². The third kappa shape index (κ3) is 4.57. The highest BCUT2D eigenvalue weighted by atomic mass is 19.3. The average Bonchev–Trinajstić information content (AvgIpc) is 2.90. The Morgan fingerprint density at radius 3 is 2.52 bits per heavy atom. The number of aromatic nitrogens is 1. The van der Waals surface area contributed by atoms with Gasteiger partial charge in [-0.25, -0.2) is 9.37 Å². The van der Waals surface area contributed by atoms with Gasteiger partial charge in [0.05, 0.1) is 18.2 Å². The number of hydrogen-bond donors (Lipinski definition) is 2. The number of fused-ring (bicyclic) bond motifs is 2. The van der Waals surface area contributed by atoms with E-state index >= 15 is 8.78 Å². The van der Waals surface area contributed by atoms with E-state index in [9.17, 15) is 18.7 Å². The molecule has 0 spiro atoms. The summed E-state index contributed by atoms with van der Waals surface area (Å²) >= 11 is 0. The third-order valence-corrected chi connectivity index (χ3v) is 6.04. The van der Waals surface area contributed by atoms with Gasteiger partial charge < -0.3 is 10.4 Å². The van der Waals surface area contributed by atoms with Crippen LogP contribution in [0.3, 0.4) is 0 Å². The first-order valence-electron chi connectivity index (χ1n) is 10.2. The molecule has 1 unspecified atom stereocenters. The number of pyridine rings is 1. The predicted molar refractivity (Wildman–Crippen MR) is 106 cm³/mol. The molecule has 2 saturated heterocycles. The molecular weight excluding hydrogens is 414 g/mol. The second-order valence-electron chi connectivity index (χ2n) is 8.36. The molecule has 3 heterocycles. The largest absolute Gasteiger partial charge is 0.393 e. The van der Waals surface area contributed by atoms with E-state index in [1.165, 1.54) is 6.07 Å². The molecule has 2 aliphatic heterocycles. The Kier molecular flexibility index (Phi) is 5.74. The zero-order valence-electron chi connectivity index (χ0n) is 16.9. The summed E-state index contributed by atoms with van der Waals surface area (Å²) in [5.41, 5.74) is -0.565. The fourth-order valence-corrected chi connectivity index (χ4v) is 4.67.